The van der Waals surface area contributed by atoms with E-state index in [-0.39, 0.29) is 11.8 Å². The predicted molar refractivity (Wildman–Crippen MR) is 206 cm³/mol. The summed E-state index contributed by atoms with van der Waals surface area (Å²) in [6, 6.07) is 45.5. The third kappa shape index (κ3) is 4.92. The molecule has 0 fully saturated rings. The molecule has 0 amide bonds. The van der Waals surface area contributed by atoms with Gasteiger partial charge >= 0.3 is 0 Å². The fourth-order valence-electron chi connectivity index (χ4n) is 7.69. The number of aromatic nitrogens is 2. The quantitative estimate of drug-likeness (QED) is 0.168. The fourth-order valence-corrected chi connectivity index (χ4v) is 7.69. The first-order valence-electron chi connectivity index (χ1n) is 17.5. The number of nitriles is 1. The lowest BCUT2D eigenvalue weighted by Gasteiger charge is -2.21. The van der Waals surface area contributed by atoms with E-state index in [1.807, 2.05) is 24.3 Å². The van der Waals surface area contributed by atoms with E-state index in [9.17, 15) is 5.26 Å². The smallest absolute Gasteiger partial charge is 0.299 e. The first-order valence-corrected chi connectivity index (χ1v) is 17.5. The van der Waals surface area contributed by atoms with Gasteiger partial charge in [-0.05, 0) is 83.0 Å². The standard InChI is InChI=1S/C46H40N3O/c1-28(2)37-25-34(33-22-20-32(21-23-33)31-14-8-7-9-15-31)26-38(29(3)4)44(37)49-40-18-12-11-17-39(40)48(6)46(49)42-30(5)24-35(27-47)43-36-16-10-13-19-41(36)50-45(42)43/h7-26,28-29H,1-6H3/q+1. The van der Waals surface area contributed by atoms with Crippen molar-refractivity contribution in [2.45, 2.75) is 46.5 Å². The number of para-hydroxylation sites is 3. The highest BCUT2D eigenvalue weighted by Crippen LogP contribution is 2.44. The first-order chi connectivity index (χ1) is 24.3. The van der Waals surface area contributed by atoms with Crippen LogP contribution in [0.5, 0.6) is 0 Å². The summed E-state index contributed by atoms with van der Waals surface area (Å²) in [5, 5.41) is 12.1. The number of furan rings is 1. The molecule has 6 aromatic carbocycles. The van der Waals surface area contributed by atoms with Crippen molar-refractivity contribution < 1.29 is 8.98 Å². The molecule has 2 heterocycles. The highest BCUT2D eigenvalue weighted by molar-refractivity contribution is 6.12. The van der Waals surface area contributed by atoms with Crippen LogP contribution in [-0.2, 0) is 7.05 Å². The van der Waals surface area contributed by atoms with Gasteiger partial charge in [-0.15, -0.1) is 0 Å². The summed E-state index contributed by atoms with van der Waals surface area (Å²) in [6.07, 6.45) is 0. The number of hydrogen-bond donors (Lipinski definition) is 0. The van der Waals surface area contributed by atoms with Crippen LogP contribution in [0.15, 0.2) is 126 Å². The van der Waals surface area contributed by atoms with E-state index in [0.29, 0.717) is 5.56 Å². The van der Waals surface area contributed by atoms with Gasteiger partial charge in [0, 0.05) is 21.9 Å². The summed E-state index contributed by atoms with van der Waals surface area (Å²) in [4.78, 5) is 0. The van der Waals surface area contributed by atoms with Crippen LogP contribution >= 0.6 is 0 Å². The van der Waals surface area contributed by atoms with Crippen molar-refractivity contribution in [3.63, 3.8) is 0 Å². The molecule has 0 saturated carbocycles. The highest BCUT2D eigenvalue weighted by atomic mass is 16.3. The van der Waals surface area contributed by atoms with Gasteiger partial charge in [0.05, 0.1) is 18.7 Å². The Labute approximate surface area is 293 Å². The molecule has 4 nitrogen and oxygen atoms in total. The number of hydrogen-bond acceptors (Lipinski definition) is 2. The molecule has 0 N–H and O–H groups in total. The van der Waals surface area contributed by atoms with Gasteiger partial charge in [0.1, 0.15) is 16.8 Å². The molecule has 0 saturated heterocycles. The molecule has 0 unspecified atom stereocenters. The topological polar surface area (TPSA) is 45.7 Å². The lowest BCUT2D eigenvalue weighted by Crippen LogP contribution is -2.30. The molecule has 2 aromatic heterocycles. The third-order valence-electron chi connectivity index (χ3n) is 10.2. The largest absolute Gasteiger partial charge is 0.455 e. The normalized spacial score (nSPS) is 11.7. The van der Waals surface area contributed by atoms with E-state index in [2.05, 4.69) is 154 Å². The summed E-state index contributed by atoms with van der Waals surface area (Å²) >= 11 is 0. The van der Waals surface area contributed by atoms with E-state index in [0.717, 1.165) is 49.9 Å². The lowest BCUT2D eigenvalue weighted by molar-refractivity contribution is -0.633. The van der Waals surface area contributed by atoms with Crippen molar-refractivity contribution in [1.82, 2.24) is 4.57 Å². The summed E-state index contributed by atoms with van der Waals surface area (Å²) in [5.74, 6) is 1.53. The SMILES string of the molecule is Cc1cc(C#N)c2c(oc3ccccc32)c1-c1n(-c2c(C(C)C)cc(-c3ccc(-c4ccccc4)cc3)cc2C(C)C)c2ccccc2[n+]1C. The Morgan fingerprint density at radius 2 is 1.26 bits per heavy atom. The maximum absolute atomic E-state index is 10.3. The van der Waals surface area contributed by atoms with Crippen molar-refractivity contribution in [2.75, 3.05) is 0 Å². The maximum atomic E-state index is 10.3. The van der Waals surface area contributed by atoms with Crippen LogP contribution in [-0.4, -0.2) is 4.57 Å². The Hall–Kier alpha value is -5.92. The van der Waals surface area contributed by atoms with Gasteiger partial charge in [0.15, 0.2) is 16.6 Å². The Morgan fingerprint density at radius 1 is 0.680 bits per heavy atom. The van der Waals surface area contributed by atoms with E-state index >= 15 is 0 Å². The van der Waals surface area contributed by atoms with Crippen molar-refractivity contribution in [2.24, 2.45) is 7.05 Å². The maximum Gasteiger partial charge on any atom is 0.299 e. The molecule has 0 aliphatic heterocycles. The van der Waals surface area contributed by atoms with E-state index in [1.54, 1.807) is 0 Å². The molecule has 0 spiro atoms. The summed E-state index contributed by atoms with van der Waals surface area (Å²) in [6.45, 7) is 11.3. The Kier molecular flexibility index (Phi) is 7.65. The molecule has 8 aromatic rings. The van der Waals surface area contributed by atoms with E-state index in [1.165, 1.54) is 39.1 Å². The van der Waals surface area contributed by atoms with Gasteiger partial charge in [-0.25, -0.2) is 4.57 Å². The van der Waals surface area contributed by atoms with Crippen LogP contribution in [0.25, 0.3) is 72.3 Å². The molecule has 0 aliphatic carbocycles. The molecular weight excluding hydrogens is 611 g/mol. The molecule has 0 atom stereocenters. The Bertz CT molecular complexity index is 2580. The lowest BCUT2D eigenvalue weighted by atomic mass is 9.87. The second-order valence-electron chi connectivity index (χ2n) is 14.0. The Morgan fingerprint density at radius 3 is 1.92 bits per heavy atom. The highest BCUT2D eigenvalue weighted by Gasteiger charge is 2.34. The van der Waals surface area contributed by atoms with Crippen LogP contribution in [0.3, 0.4) is 0 Å². The number of benzene rings is 6. The fraction of sp³-hybridized carbons (Fsp3) is 0.174. The third-order valence-corrected chi connectivity index (χ3v) is 10.2. The zero-order valence-electron chi connectivity index (χ0n) is 29.5. The van der Waals surface area contributed by atoms with E-state index < -0.39 is 0 Å². The van der Waals surface area contributed by atoms with Gasteiger partial charge in [0.2, 0.25) is 0 Å². The van der Waals surface area contributed by atoms with Crippen molar-refractivity contribution in [3.8, 4) is 45.4 Å². The zero-order valence-corrected chi connectivity index (χ0v) is 29.5. The number of nitrogens with zero attached hydrogens (tertiary/aromatic N) is 3. The van der Waals surface area contributed by atoms with Gasteiger partial charge in [-0.3, -0.25) is 0 Å². The monoisotopic (exact) mass is 650 g/mol. The second-order valence-corrected chi connectivity index (χ2v) is 14.0. The number of rotatable bonds is 6. The second kappa shape index (κ2) is 12.2. The zero-order chi connectivity index (χ0) is 34.7. The van der Waals surface area contributed by atoms with Crippen LogP contribution in [0.4, 0.5) is 0 Å². The molecule has 0 radical (unpaired) electrons. The summed E-state index contributed by atoms with van der Waals surface area (Å²) in [7, 11) is 2.15. The number of fused-ring (bicyclic) bond motifs is 4. The first kappa shape index (κ1) is 31.4. The van der Waals surface area contributed by atoms with Crippen LogP contribution in [0, 0.1) is 18.3 Å². The van der Waals surface area contributed by atoms with Crippen LogP contribution in [0.2, 0.25) is 0 Å². The average molecular weight is 651 g/mol. The van der Waals surface area contributed by atoms with Gasteiger partial charge in [0.25, 0.3) is 5.82 Å². The molecule has 4 heteroatoms. The molecule has 8 rings (SSSR count). The molecular formula is C46H40N3O+. The van der Waals surface area contributed by atoms with Crippen molar-refractivity contribution in [3.05, 3.63) is 144 Å². The van der Waals surface area contributed by atoms with Gasteiger partial charge in [-0.1, -0.05) is 113 Å². The van der Waals surface area contributed by atoms with Crippen LogP contribution in [0.1, 0.15) is 61.8 Å². The van der Waals surface area contributed by atoms with Crippen molar-refractivity contribution in [1.29, 1.82) is 5.26 Å². The van der Waals surface area contributed by atoms with Gasteiger partial charge < -0.3 is 4.42 Å². The Balaban J connectivity index is 1.44. The summed E-state index contributed by atoms with van der Waals surface area (Å²) in [5.41, 5.74) is 15.0. The molecule has 0 aliphatic rings. The van der Waals surface area contributed by atoms with Crippen LogP contribution < -0.4 is 4.57 Å². The van der Waals surface area contributed by atoms with E-state index in [4.69, 9.17) is 4.42 Å². The number of aryl methyl sites for hydroxylation is 2. The minimum absolute atomic E-state index is 0.249. The summed E-state index contributed by atoms with van der Waals surface area (Å²) < 4.78 is 11.5. The minimum atomic E-state index is 0.249. The van der Waals surface area contributed by atoms with Gasteiger partial charge in [-0.2, -0.15) is 9.83 Å². The number of imidazole rings is 1. The molecule has 50 heavy (non-hydrogen) atoms. The predicted octanol–water partition coefficient (Wildman–Crippen LogP) is 11.8. The van der Waals surface area contributed by atoms with Crippen molar-refractivity contribution >= 4 is 33.0 Å². The molecule has 0 bridgehead atoms. The molecule has 244 valence electrons. The minimum Gasteiger partial charge on any atom is -0.455 e. The average Bonchev–Trinajstić information content (AvgIpc) is 3.66.